The number of esters is 1. The molecule has 0 radical (unpaired) electrons. The van der Waals surface area contributed by atoms with Gasteiger partial charge in [0, 0.05) is 24.3 Å². The van der Waals surface area contributed by atoms with Crippen molar-refractivity contribution >= 4 is 43.5 Å². The molecule has 1 fully saturated rings. The van der Waals surface area contributed by atoms with Crippen LogP contribution in [0.3, 0.4) is 0 Å². The number of ether oxygens (including phenoxy) is 1. The highest BCUT2D eigenvalue weighted by Crippen LogP contribution is 2.29. The molecule has 2 heterocycles. The number of aromatic nitrogens is 1. The number of nitrogens with zero attached hydrogens (tertiary/aromatic N) is 2. The van der Waals surface area contributed by atoms with Gasteiger partial charge in [0.25, 0.3) is 0 Å². The van der Waals surface area contributed by atoms with E-state index >= 15 is 0 Å². The van der Waals surface area contributed by atoms with Gasteiger partial charge < -0.3 is 14.6 Å². The topological polar surface area (TPSA) is 97.7 Å². The number of hydrogen-bond donors (Lipinski definition) is 1. The monoisotopic (exact) mass is 487 g/mol. The van der Waals surface area contributed by atoms with E-state index in [1.165, 1.54) is 43.1 Å². The molecule has 0 spiro atoms. The van der Waals surface area contributed by atoms with E-state index in [1.54, 1.807) is 6.07 Å². The van der Waals surface area contributed by atoms with Gasteiger partial charge in [-0.3, -0.25) is 4.79 Å². The molecule has 1 aliphatic rings. The number of anilines is 1. The Labute approximate surface area is 175 Å². The fourth-order valence-electron chi connectivity index (χ4n) is 3.21. The molecule has 156 valence electrons. The number of benzene rings is 1. The molecule has 1 amide bonds. The van der Waals surface area contributed by atoms with Crippen LogP contribution in [0.2, 0.25) is 0 Å². The second-order valence-corrected chi connectivity index (χ2v) is 9.36. The van der Waals surface area contributed by atoms with Crippen LogP contribution in [0.25, 0.3) is 0 Å². The van der Waals surface area contributed by atoms with Crippen LogP contribution in [0.15, 0.2) is 39.8 Å². The maximum Gasteiger partial charge on any atom is 0.354 e. The summed E-state index contributed by atoms with van der Waals surface area (Å²) in [5.74, 6) is -1.92. The molecule has 1 saturated heterocycles. The van der Waals surface area contributed by atoms with Crippen LogP contribution in [0.1, 0.15) is 23.3 Å². The summed E-state index contributed by atoms with van der Waals surface area (Å²) < 4.78 is 47.8. The molecule has 1 aliphatic heterocycles. The minimum Gasteiger partial charge on any atom is -0.464 e. The predicted octanol–water partition coefficient (Wildman–Crippen LogP) is 2.51. The van der Waals surface area contributed by atoms with Gasteiger partial charge in [0.2, 0.25) is 15.9 Å². The Morgan fingerprint density at radius 1 is 1.31 bits per heavy atom. The van der Waals surface area contributed by atoms with Gasteiger partial charge in [0.15, 0.2) is 0 Å². The molecule has 1 aromatic heterocycles. The highest BCUT2D eigenvalue weighted by atomic mass is 79.9. The van der Waals surface area contributed by atoms with Crippen LogP contribution < -0.4 is 5.32 Å². The SMILES string of the molecule is COC(=O)c1cc(S(=O)(=O)N2CCC[C@H]2C(=O)Nc2ccc(Br)cc2F)cn1C. The lowest BCUT2D eigenvalue weighted by molar-refractivity contribution is -0.119. The number of halogens is 2. The molecular formula is C18H19BrFN3O5S. The van der Waals surface area contributed by atoms with Crippen molar-refractivity contribution in [1.82, 2.24) is 8.87 Å². The third kappa shape index (κ3) is 4.21. The van der Waals surface area contributed by atoms with Crippen molar-refractivity contribution in [3.8, 4) is 0 Å². The number of rotatable bonds is 5. The van der Waals surface area contributed by atoms with Gasteiger partial charge in [0.1, 0.15) is 22.4 Å². The summed E-state index contributed by atoms with van der Waals surface area (Å²) >= 11 is 3.14. The van der Waals surface area contributed by atoms with Gasteiger partial charge in [-0.05, 0) is 37.1 Å². The largest absolute Gasteiger partial charge is 0.464 e. The maximum absolute atomic E-state index is 14.0. The lowest BCUT2D eigenvalue weighted by Crippen LogP contribution is -2.43. The summed E-state index contributed by atoms with van der Waals surface area (Å²) in [6, 6.07) is 4.40. The summed E-state index contributed by atoms with van der Waals surface area (Å²) in [7, 11) is -1.32. The first-order chi connectivity index (χ1) is 13.6. The fraction of sp³-hybridized carbons (Fsp3) is 0.333. The van der Waals surface area contributed by atoms with E-state index < -0.39 is 33.8 Å². The second-order valence-electron chi connectivity index (χ2n) is 6.55. The molecule has 0 aliphatic carbocycles. The number of sulfonamides is 1. The van der Waals surface area contributed by atoms with Crippen LogP contribution in [0.5, 0.6) is 0 Å². The summed E-state index contributed by atoms with van der Waals surface area (Å²) in [6.45, 7) is 0.145. The van der Waals surface area contributed by atoms with Crippen molar-refractivity contribution in [3.05, 3.63) is 46.4 Å². The Morgan fingerprint density at radius 2 is 2.03 bits per heavy atom. The summed E-state index contributed by atoms with van der Waals surface area (Å²) in [5.41, 5.74) is 0.0401. The third-order valence-electron chi connectivity index (χ3n) is 4.68. The number of nitrogens with one attached hydrogen (secondary N) is 1. The normalized spacial score (nSPS) is 17.3. The number of hydrogen-bond acceptors (Lipinski definition) is 5. The molecule has 29 heavy (non-hydrogen) atoms. The molecule has 0 bridgehead atoms. The molecule has 2 aromatic rings. The molecule has 3 rings (SSSR count). The molecule has 1 N–H and O–H groups in total. The van der Waals surface area contributed by atoms with E-state index in [0.29, 0.717) is 17.3 Å². The average Bonchev–Trinajstić information content (AvgIpc) is 3.31. The van der Waals surface area contributed by atoms with E-state index in [2.05, 4.69) is 26.0 Å². The van der Waals surface area contributed by atoms with E-state index in [1.807, 2.05) is 0 Å². The van der Waals surface area contributed by atoms with Crippen molar-refractivity contribution in [2.24, 2.45) is 7.05 Å². The zero-order valence-electron chi connectivity index (χ0n) is 15.7. The van der Waals surface area contributed by atoms with Crippen molar-refractivity contribution in [3.63, 3.8) is 0 Å². The molecule has 0 unspecified atom stereocenters. The summed E-state index contributed by atoms with van der Waals surface area (Å²) in [4.78, 5) is 24.3. The number of carbonyl (C=O) groups is 2. The Hall–Kier alpha value is -2.24. The maximum atomic E-state index is 14.0. The zero-order chi connectivity index (χ0) is 21.3. The average molecular weight is 488 g/mol. The minimum absolute atomic E-state index is 0.0323. The fourth-order valence-corrected chi connectivity index (χ4v) is 5.28. The van der Waals surface area contributed by atoms with Crippen molar-refractivity contribution < 1.29 is 27.1 Å². The Bertz CT molecular complexity index is 1070. The first-order valence-corrected chi connectivity index (χ1v) is 10.9. The van der Waals surface area contributed by atoms with Gasteiger partial charge >= 0.3 is 5.97 Å². The van der Waals surface area contributed by atoms with Gasteiger partial charge in [-0.1, -0.05) is 15.9 Å². The Balaban J connectivity index is 1.85. The minimum atomic E-state index is -4.04. The first kappa shape index (κ1) is 21.5. The van der Waals surface area contributed by atoms with Crippen molar-refractivity contribution in [2.45, 2.75) is 23.8 Å². The quantitative estimate of drug-likeness (QED) is 0.653. The second kappa shape index (κ2) is 8.25. The molecule has 1 aromatic carbocycles. The van der Waals surface area contributed by atoms with Crippen LogP contribution in [0, 0.1) is 5.82 Å². The van der Waals surface area contributed by atoms with E-state index in [-0.39, 0.29) is 22.8 Å². The third-order valence-corrected chi connectivity index (χ3v) is 7.04. The number of aryl methyl sites for hydroxylation is 1. The van der Waals surface area contributed by atoms with E-state index in [9.17, 15) is 22.4 Å². The first-order valence-electron chi connectivity index (χ1n) is 8.67. The smallest absolute Gasteiger partial charge is 0.354 e. The molecule has 1 atom stereocenters. The molecular weight excluding hydrogens is 469 g/mol. The summed E-state index contributed by atoms with van der Waals surface area (Å²) in [6.07, 6.45) is 2.08. The number of amides is 1. The van der Waals surface area contributed by atoms with Crippen LogP contribution in [-0.4, -0.2) is 48.9 Å². The Morgan fingerprint density at radius 3 is 2.69 bits per heavy atom. The van der Waals surface area contributed by atoms with Crippen LogP contribution in [-0.2, 0) is 26.6 Å². The number of methoxy groups -OCH3 is 1. The van der Waals surface area contributed by atoms with Gasteiger partial charge in [-0.15, -0.1) is 0 Å². The molecule has 11 heteroatoms. The van der Waals surface area contributed by atoms with Gasteiger partial charge in [-0.2, -0.15) is 4.31 Å². The standard InChI is InChI=1S/C18H19BrFN3O5S/c1-22-10-12(9-16(22)18(25)28-2)29(26,27)23-7-3-4-15(23)17(24)21-14-6-5-11(19)8-13(14)20/h5-6,8-10,15H,3-4,7H2,1-2H3,(H,21,24)/t15-/m0/s1. The highest BCUT2D eigenvalue weighted by molar-refractivity contribution is 9.10. The van der Waals surface area contributed by atoms with Gasteiger partial charge in [-0.25, -0.2) is 17.6 Å². The van der Waals surface area contributed by atoms with E-state index in [0.717, 1.165) is 4.31 Å². The Kier molecular flexibility index (Phi) is 6.11. The zero-order valence-corrected chi connectivity index (χ0v) is 18.1. The highest BCUT2D eigenvalue weighted by Gasteiger charge is 2.40. The lowest BCUT2D eigenvalue weighted by Gasteiger charge is -2.23. The lowest BCUT2D eigenvalue weighted by atomic mass is 10.2. The molecule has 0 saturated carbocycles. The van der Waals surface area contributed by atoms with Gasteiger partial charge in [0.05, 0.1) is 12.8 Å². The van der Waals surface area contributed by atoms with Crippen LogP contribution >= 0.6 is 15.9 Å². The summed E-state index contributed by atoms with van der Waals surface area (Å²) in [5, 5.41) is 2.46. The predicted molar refractivity (Wildman–Crippen MR) is 106 cm³/mol. The van der Waals surface area contributed by atoms with Crippen molar-refractivity contribution in [1.29, 1.82) is 0 Å². The number of carbonyl (C=O) groups excluding carboxylic acids is 2. The van der Waals surface area contributed by atoms with Crippen LogP contribution in [0.4, 0.5) is 10.1 Å². The molecule has 8 nitrogen and oxygen atoms in total. The van der Waals surface area contributed by atoms with Crippen molar-refractivity contribution in [2.75, 3.05) is 19.0 Å². The van der Waals surface area contributed by atoms with E-state index in [4.69, 9.17) is 0 Å².